The molecule has 1 atom stereocenters. The van der Waals surface area contributed by atoms with Gasteiger partial charge in [-0.1, -0.05) is 0 Å². The van der Waals surface area contributed by atoms with Crippen LogP contribution in [0.25, 0.3) is 10.9 Å². The molecule has 9 nitrogen and oxygen atoms in total. The number of anilines is 1. The number of rotatable bonds is 3. The van der Waals surface area contributed by atoms with Crippen molar-refractivity contribution in [3.8, 4) is 0 Å². The van der Waals surface area contributed by atoms with Gasteiger partial charge < -0.3 is 30.9 Å². The summed E-state index contributed by atoms with van der Waals surface area (Å²) in [4.78, 5) is 30.9. The molecule has 2 aliphatic rings. The minimum Gasteiger partial charge on any atom is -0.481 e. The number of nitrogens with one attached hydrogen (secondary N) is 4. The van der Waals surface area contributed by atoms with Crippen LogP contribution in [0.5, 0.6) is 0 Å². The molecule has 2 aliphatic heterocycles. The topological polar surface area (TPSA) is 122 Å². The highest BCUT2D eigenvalue weighted by molar-refractivity contribution is 5.81. The first-order valence-electron chi connectivity index (χ1n) is 9.22. The fourth-order valence-corrected chi connectivity index (χ4v) is 3.24. The Morgan fingerprint density at radius 2 is 2.00 bits per heavy atom. The summed E-state index contributed by atoms with van der Waals surface area (Å²) in [7, 11) is 0. The van der Waals surface area contributed by atoms with Crippen LogP contribution in [-0.2, 0) is 4.79 Å². The molecule has 146 valence electrons. The quantitative estimate of drug-likeness (QED) is 0.481. The molecule has 1 aromatic heterocycles. The number of aromatic amines is 1. The van der Waals surface area contributed by atoms with E-state index in [-0.39, 0.29) is 18.0 Å². The van der Waals surface area contributed by atoms with Crippen molar-refractivity contribution in [1.82, 2.24) is 25.9 Å². The lowest BCUT2D eigenvalue weighted by Crippen LogP contribution is -2.49. The zero-order chi connectivity index (χ0) is 19.1. The van der Waals surface area contributed by atoms with Gasteiger partial charge in [-0.15, -0.1) is 0 Å². The molecule has 1 aromatic carbocycles. The van der Waals surface area contributed by atoms with Crippen LogP contribution in [0, 0.1) is 0 Å². The van der Waals surface area contributed by atoms with Gasteiger partial charge in [0.25, 0.3) is 5.56 Å². The number of benzene rings is 1. The molecular weight excluding hydrogens is 348 g/mol. The predicted octanol–water partition coefficient (Wildman–Crippen LogP) is -0.645. The van der Waals surface area contributed by atoms with Gasteiger partial charge in [0, 0.05) is 57.5 Å². The zero-order valence-electron chi connectivity index (χ0n) is 15.2. The van der Waals surface area contributed by atoms with Crippen molar-refractivity contribution >= 4 is 22.6 Å². The number of piperazine rings is 2. The van der Waals surface area contributed by atoms with Gasteiger partial charge in [0.05, 0.1) is 23.7 Å². The Bertz CT molecular complexity index is 812. The molecule has 0 aliphatic carbocycles. The van der Waals surface area contributed by atoms with Crippen LogP contribution in [0.1, 0.15) is 6.42 Å². The van der Waals surface area contributed by atoms with Gasteiger partial charge in [0.1, 0.15) is 0 Å². The molecule has 2 saturated heterocycles. The number of hydrogen-bond donors (Lipinski definition) is 5. The van der Waals surface area contributed by atoms with Gasteiger partial charge in [-0.3, -0.25) is 9.59 Å². The van der Waals surface area contributed by atoms with E-state index in [1.807, 2.05) is 18.2 Å². The Labute approximate surface area is 157 Å². The summed E-state index contributed by atoms with van der Waals surface area (Å²) >= 11 is 0. The highest BCUT2D eigenvalue weighted by Gasteiger charge is 2.14. The molecule has 5 N–H and O–H groups in total. The van der Waals surface area contributed by atoms with E-state index in [0.29, 0.717) is 5.39 Å². The van der Waals surface area contributed by atoms with Crippen LogP contribution in [0.2, 0.25) is 0 Å². The fourth-order valence-electron chi connectivity index (χ4n) is 3.24. The van der Waals surface area contributed by atoms with E-state index in [0.717, 1.165) is 57.0 Å². The Morgan fingerprint density at radius 1 is 1.19 bits per heavy atom. The standard InChI is InChI=1S/C12H14N4O.C6H12N2O2/c17-12-10-7-9(16-5-3-13-4-6-16)1-2-11(10)14-8-15-12;9-6(10)3-5-4-7-1-2-8-5/h1-2,7-8,13H,3-6H2,(H,14,15,17);5,7-8H,1-4H2,(H,9,10). The minimum atomic E-state index is -0.735. The van der Waals surface area contributed by atoms with Crippen molar-refractivity contribution in [1.29, 1.82) is 0 Å². The average Bonchev–Trinajstić information content (AvgIpc) is 2.70. The van der Waals surface area contributed by atoms with Crippen molar-refractivity contribution in [3.05, 3.63) is 34.9 Å². The molecule has 27 heavy (non-hydrogen) atoms. The Hall–Kier alpha value is -2.49. The fraction of sp³-hybridized carbons (Fsp3) is 0.500. The molecule has 3 heterocycles. The summed E-state index contributed by atoms with van der Waals surface area (Å²) < 4.78 is 0. The molecule has 0 spiro atoms. The van der Waals surface area contributed by atoms with E-state index in [1.165, 1.54) is 6.33 Å². The number of aromatic nitrogens is 2. The summed E-state index contributed by atoms with van der Waals surface area (Å²) in [5.74, 6) is -0.735. The molecular formula is C18H26N6O3. The van der Waals surface area contributed by atoms with Crippen molar-refractivity contribution in [2.24, 2.45) is 0 Å². The molecule has 1 unspecified atom stereocenters. The predicted molar refractivity (Wildman–Crippen MR) is 104 cm³/mol. The maximum Gasteiger partial charge on any atom is 0.304 e. The number of H-pyrrole nitrogens is 1. The minimum absolute atomic E-state index is 0.0769. The van der Waals surface area contributed by atoms with Gasteiger partial charge >= 0.3 is 5.97 Å². The van der Waals surface area contributed by atoms with Crippen LogP contribution < -0.4 is 26.4 Å². The highest BCUT2D eigenvalue weighted by Crippen LogP contribution is 2.18. The summed E-state index contributed by atoms with van der Waals surface area (Å²) in [5.41, 5.74) is 1.76. The lowest BCUT2D eigenvalue weighted by Gasteiger charge is -2.29. The number of carbonyl (C=O) groups is 1. The number of aliphatic carboxylic acids is 1. The smallest absolute Gasteiger partial charge is 0.304 e. The molecule has 0 bridgehead atoms. The van der Waals surface area contributed by atoms with E-state index in [2.05, 4.69) is 30.8 Å². The first-order valence-corrected chi connectivity index (χ1v) is 9.22. The molecule has 0 amide bonds. The second-order valence-electron chi connectivity index (χ2n) is 6.62. The van der Waals surface area contributed by atoms with Crippen LogP contribution in [0.4, 0.5) is 5.69 Å². The SMILES string of the molecule is O=C(O)CC1CNCCN1.O=c1[nH]cnc2ccc(N3CCNCC3)cc12. The maximum atomic E-state index is 11.7. The van der Waals surface area contributed by atoms with Gasteiger partial charge in [-0.05, 0) is 18.2 Å². The Morgan fingerprint density at radius 3 is 2.70 bits per heavy atom. The molecule has 4 rings (SSSR count). The third-order valence-corrected chi connectivity index (χ3v) is 4.65. The molecule has 0 saturated carbocycles. The lowest BCUT2D eigenvalue weighted by atomic mass is 10.2. The van der Waals surface area contributed by atoms with E-state index in [9.17, 15) is 9.59 Å². The second kappa shape index (κ2) is 9.45. The molecule has 2 fully saturated rings. The van der Waals surface area contributed by atoms with Crippen molar-refractivity contribution in [2.75, 3.05) is 50.7 Å². The van der Waals surface area contributed by atoms with Crippen molar-refractivity contribution < 1.29 is 9.90 Å². The number of carboxylic acids is 1. The van der Waals surface area contributed by atoms with Crippen molar-refractivity contribution in [2.45, 2.75) is 12.5 Å². The third kappa shape index (κ3) is 5.49. The van der Waals surface area contributed by atoms with Gasteiger partial charge in [-0.25, -0.2) is 4.98 Å². The highest BCUT2D eigenvalue weighted by atomic mass is 16.4. The summed E-state index contributed by atoms with van der Waals surface area (Å²) in [6, 6.07) is 5.97. The summed E-state index contributed by atoms with van der Waals surface area (Å²) in [6.07, 6.45) is 1.65. The number of nitrogens with zero attached hydrogens (tertiary/aromatic N) is 2. The maximum absolute atomic E-state index is 11.7. The van der Waals surface area contributed by atoms with Gasteiger partial charge in [0.15, 0.2) is 0 Å². The Balaban J connectivity index is 0.000000180. The van der Waals surface area contributed by atoms with Gasteiger partial charge in [-0.2, -0.15) is 0 Å². The lowest BCUT2D eigenvalue weighted by molar-refractivity contribution is -0.137. The van der Waals surface area contributed by atoms with Crippen LogP contribution in [0.3, 0.4) is 0 Å². The van der Waals surface area contributed by atoms with Crippen LogP contribution in [-0.4, -0.2) is 72.9 Å². The van der Waals surface area contributed by atoms with E-state index in [1.54, 1.807) is 0 Å². The summed E-state index contributed by atoms with van der Waals surface area (Å²) in [5, 5.41) is 18.6. The molecule has 9 heteroatoms. The number of carboxylic acid groups (broad SMARTS) is 1. The van der Waals surface area contributed by atoms with E-state index >= 15 is 0 Å². The van der Waals surface area contributed by atoms with E-state index < -0.39 is 5.97 Å². The third-order valence-electron chi connectivity index (χ3n) is 4.65. The molecule has 0 radical (unpaired) electrons. The normalized spacial score (nSPS) is 20.0. The zero-order valence-corrected chi connectivity index (χ0v) is 15.2. The summed E-state index contributed by atoms with van der Waals surface area (Å²) in [6.45, 7) is 6.51. The number of fused-ring (bicyclic) bond motifs is 1. The van der Waals surface area contributed by atoms with Crippen LogP contribution in [0.15, 0.2) is 29.3 Å². The first kappa shape index (κ1) is 19.3. The van der Waals surface area contributed by atoms with Gasteiger partial charge in [0.2, 0.25) is 0 Å². The largest absolute Gasteiger partial charge is 0.481 e. The second-order valence-corrected chi connectivity index (χ2v) is 6.62. The first-order chi connectivity index (χ1) is 13.1. The number of hydrogen-bond acceptors (Lipinski definition) is 7. The average molecular weight is 374 g/mol. The molecule has 2 aromatic rings. The van der Waals surface area contributed by atoms with Crippen LogP contribution >= 0.6 is 0 Å². The van der Waals surface area contributed by atoms with E-state index in [4.69, 9.17) is 5.11 Å². The van der Waals surface area contributed by atoms with Crippen molar-refractivity contribution in [3.63, 3.8) is 0 Å². The monoisotopic (exact) mass is 374 g/mol. The Kier molecular flexibility index (Phi) is 6.74.